The Morgan fingerprint density at radius 3 is 2.51 bits per heavy atom. The van der Waals surface area contributed by atoms with Crippen molar-refractivity contribution in [2.75, 3.05) is 5.32 Å². The number of hydrogen-bond acceptors (Lipinski definition) is 4. The molecule has 0 aliphatic carbocycles. The molecule has 1 N–H and O–H groups in total. The van der Waals surface area contributed by atoms with Crippen molar-refractivity contribution in [1.29, 1.82) is 0 Å². The van der Waals surface area contributed by atoms with Crippen molar-refractivity contribution in [1.82, 2.24) is 14.2 Å². The van der Waals surface area contributed by atoms with Gasteiger partial charge in [-0.2, -0.15) is 9.78 Å². The quantitative estimate of drug-likeness (QED) is 0.273. The second kappa shape index (κ2) is 9.78. The van der Waals surface area contributed by atoms with Gasteiger partial charge in [0.1, 0.15) is 12.4 Å². The molecule has 2 aromatic heterocycles. The van der Waals surface area contributed by atoms with Crippen LogP contribution in [0.3, 0.4) is 0 Å². The molecule has 0 atom stereocenters. The lowest BCUT2D eigenvalue weighted by Crippen LogP contribution is -2.29. The van der Waals surface area contributed by atoms with Crippen molar-refractivity contribution in [3.8, 4) is 0 Å². The van der Waals surface area contributed by atoms with Crippen LogP contribution in [0.2, 0.25) is 0 Å². The fraction of sp³-hybridized carbons (Fsp3) is 0.172. The van der Waals surface area contributed by atoms with Gasteiger partial charge < -0.3 is 9.88 Å². The fourth-order valence-electron chi connectivity index (χ4n) is 4.25. The summed E-state index contributed by atoms with van der Waals surface area (Å²) in [6.45, 7) is 6.15. The maximum absolute atomic E-state index is 13.5. The van der Waals surface area contributed by atoms with Gasteiger partial charge in [0.2, 0.25) is 5.91 Å². The molecule has 5 rings (SSSR count). The van der Waals surface area contributed by atoms with Crippen LogP contribution in [-0.2, 0) is 16.8 Å². The molecule has 0 saturated heterocycles. The molecule has 7 nitrogen and oxygen atoms in total. The first-order chi connectivity index (χ1) is 17.7. The van der Waals surface area contributed by atoms with Gasteiger partial charge in [-0.05, 0) is 36.4 Å². The molecule has 186 valence electrons. The third-order valence-corrected chi connectivity index (χ3v) is 6.48. The van der Waals surface area contributed by atoms with E-state index in [2.05, 4.69) is 26.3 Å². The van der Waals surface area contributed by atoms with E-state index in [4.69, 9.17) is 4.98 Å². The number of aromatic nitrogens is 3. The first-order valence-electron chi connectivity index (χ1n) is 11.9. The van der Waals surface area contributed by atoms with Crippen molar-refractivity contribution in [2.45, 2.75) is 32.7 Å². The molecular weight excluding hydrogens is 530 g/mol. The topological polar surface area (TPSA) is 81.3 Å². The highest BCUT2D eigenvalue weighted by Crippen LogP contribution is 2.24. The molecule has 37 heavy (non-hydrogen) atoms. The lowest BCUT2D eigenvalue weighted by atomic mass is 9.95. The molecule has 5 aromatic rings. The Labute approximate surface area is 222 Å². The Balaban J connectivity index is 1.55. The number of hydrogen-bond donors (Lipinski definition) is 1. The standard InChI is InChI=1S/C29H26BrN5O2/c1-29(2,3)28-33-24-14-13-20(30)15-23(24)27(37)35(28)31-16-19-17-34(25-12-8-7-11-22(19)25)18-26(36)32-21-9-5-4-6-10-21/h4-17H,18H2,1-3H3,(H,32,36). The van der Waals surface area contributed by atoms with Crippen LogP contribution in [0.1, 0.15) is 32.2 Å². The van der Waals surface area contributed by atoms with E-state index in [0.717, 1.165) is 26.6 Å². The van der Waals surface area contributed by atoms with Gasteiger partial charge in [0.25, 0.3) is 5.56 Å². The summed E-state index contributed by atoms with van der Waals surface area (Å²) in [7, 11) is 0. The van der Waals surface area contributed by atoms with Crippen molar-refractivity contribution in [2.24, 2.45) is 5.10 Å². The summed E-state index contributed by atoms with van der Waals surface area (Å²) in [6.07, 6.45) is 3.54. The minimum Gasteiger partial charge on any atom is -0.337 e. The average Bonchev–Trinajstić information content (AvgIpc) is 3.21. The Kier molecular flexibility index (Phi) is 6.52. The number of anilines is 1. The average molecular weight is 556 g/mol. The Bertz CT molecular complexity index is 1710. The third-order valence-electron chi connectivity index (χ3n) is 5.98. The SMILES string of the molecule is CC(C)(C)c1nc2ccc(Br)cc2c(=O)n1N=Cc1cn(CC(=O)Nc2ccccc2)c2ccccc12. The predicted octanol–water partition coefficient (Wildman–Crippen LogP) is 5.93. The molecular formula is C29H26BrN5O2. The monoisotopic (exact) mass is 555 g/mol. The van der Waals surface area contributed by atoms with E-state index >= 15 is 0 Å². The summed E-state index contributed by atoms with van der Waals surface area (Å²) in [5.74, 6) is 0.431. The molecule has 1 amide bonds. The van der Waals surface area contributed by atoms with E-state index in [1.165, 1.54) is 4.68 Å². The Morgan fingerprint density at radius 2 is 1.76 bits per heavy atom. The molecule has 0 saturated carbocycles. The van der Waals surface area contributed by atoms with Gasteiger partial charge in [0.05, 0.1) is 17.1 Å². The van der Waals surface area contributed by atoms with Crippen LogP contribution in [-0.4, -0.2) is 26.3 Å². The third kappa shape index (κ3) is 5.11. The minimum absolute atomic E-state index is 0.133. The van der Waals surface area contributed by atoms with Crippen molar-refractivity contribution < 1.29 is 4.79 Å². The molecule has 3 aromatic carbocycles. The lowest BCUT2D eigenvalue weighted by molar-refractivity contribution is -0.116. The van der Waals surface area contributed by atoms with Gasteiger partial charge in [0, 0.05) is 38.2 Å². The van der Waals surface area contributed by atoms with E-state index in [1.807, 2.05) is 98.3 Å². The number of rotatable bonds is 5. The smallest absolute Gasteiger partial charge is 0.282 e. The number of nitrogens with zero attached hydrogens (tertiary/aromatic N) is 4. The van der Waals surface area contributed by atoms with Crippen LogP contribution in [0.25, 0.3) is 21.8 Å². The predicted molar refractivity (Wildman–Crippen MR) is 152 cm³/mol. The molecule has 0 unspecified atom stereocenters. The van der Waals surface area contributed by atoms with Crippen LogP contribution in [0.5, 0.6) is 0 Å². The lowest BCUT2D eigenvalue weighted by Gasteiger charge is -2.20. The van der Waals surface area contributed by atoms with E-state index in [-0.39, 0.29) is 18.0 Å². The Morgan fingerprint density at radius 1 is 1.03 bits per heavy atom. The largest absolute Gasteiger partial charge is 0.337 e. The number of para-hydroxylation sites is 2. The van der Waals surface area contributed by atoms with E-state index in [9.17, 15) is 9.59 Å². The van der Waals surface area contributed by atoms with Gasteiger partial charge in [-0.1, -0.05) is 73.1 Å². The first-order valence-corrected chi connectivity index (χ1v) is 12.7. The van der Waals surface area contributed by atoms with Crippen molar-refractivity contribution in [3.05, 3.63) is 105 Å². The van der Waals surface area contributed by atoms with E-state index < -0.39 is 5.41 Å². The Hall–Kier alpha value is -4.04. The molecule has 0 spiro atoms. The number of halogens is 1. The van der Waals surface area contributed by atoms with Crippen LogP contribution in [0.4, 0.5) is 5.69 Å². The number of benzene rings is 3. The highest BCUT2D eigenvalue weighted by Gasteiger charge is 2.23. The molecule has 2 heterocycles. The number of carbonyl (C=O) groups excluding carboxylic acids is 1. The van der Waals surface area contributed by atoms with Gasteiger partial charge in [-0.15, -0.1) is 0 Å². The number of carbonyl (C=O) groups is 1. The molecule has 0 radical (unpaired) electrons. The number of nitrogens with one attached hydrogen (secondary N) is 1. The van der Waals surface area contributed by atoms with Crippen LogP contribution in [0, 0.1) is 0 Å². The summed E-state index contributed by atoms with van der Waals surface area (Å²) >= 11 is 3.45. The van der Waals surface area contributed by atoms with Gasteiger partial charge in [-0.25, -0.2) is 4.98 Å². The van der Waals surface area contributed by atoms with Crippen LogP contribution in [0.15, 0.2) is 93.4 Å². The van der Waals surface area contributed by atoms with Gasteiger partial charge in [0.15, 0.2) is 0 Å². The zero-order chi connectivity index (χ0) is 26.2. The second-order valence-corrected chi connectivity index (χ2v) is 10.8. The van der Waals surface area contributed by atoms with Crippen LogP contribution < -0.4 is 10.9 Å². The summed E-state index contributed by atoms with van der Waals surface area (Å²) in [5.41, 5.74) is 2.42. The molecule has 0 fully saturated rings. The zero-order valence-electron chi connectivity index (χ0n) is 20.8. The minimum atomic E-state index is -0.415. The van der Waals surface area contributed by atoms with Crippen molar-refractivity contribution in [3.63, 3.8) is 0 Å². The zero-order valence-corrected chi connectivity index (χ0v) is 22.4. The second-order valence-electron chi connectivity index (χ2n) is 9.85. The summed E-state index contributed by atoms with van der Waals surface area (Å²) < 4.78 is 4.07. The number of amides is 1. The molecule has 0 aliphatic rings. The van der Waals surface area contributed by atoms with Gasteiger partial charge in [-0.3, -0.25) is 9.59 Å². The highest BCUT2D eigenvalue weighted by atomic mass is 79.9. The van der Waals surface area contributed by atoms with E-state index in [1.54, 1.807) is 12.3 Å². The van der Waals surface area contributed by atoms with Gasteiger partial charge >= 0.3 is 0 Å². The van der Waals surface area contributed by atoms with Crippen LogP contribution >= 0.6 is 15.9 Å². The normalized spacial score (nSPS) is 12.0. The maximum atomic E-state index is 13.5. The summed E-state index contributed by atoms with van der Waals surface area (Å²) in [4.78, 5) is 31.0. The molecule has 0 bridgehead atoms. The fourth-order valence-corrected chi connectivity index (χ4v) is 4.61. The highest BCUT2D eigenvalue weighted by molar-refractivity contribution is 9.10. The van der Waals surface area contributed by atoms with E-state index in [0.29, 0.717) is 16.7 Å². The molecule has 0 aliphatic heterocycles. The molecule has 8 heteroatoms. The summed E-state index contributed by atoms with van der Waals surface area (Å²) in [5, 5.41) is 8.96. The first kappa shape index (κ1) is 24.6. The summed E-state index contributed by atoms with van der Waals surface area (Å²) in [6, 6.07) is 22.6. The number of fused-ring (bicyclic) bond motifs is 2. The maximum Gasteiger partial charge on any atom is 0.282 e. The van der Waals surface area contributed by atoms with Crippen molar-refractivity contribution >= 4 is 55.5 Å².